The van der Waals surface area contributed by atoms with Crippen molar-refractivity contribution in [3.05, 3.63) is 35.9 Å². The molecule has 4 heteroatoms. The third-order valence-electron chi connectivity index (χ3n) is 3.15. The molecule has 1 saturated heterocycles. The second-order valence-electron chi connectivity index (χ2n) is 4.09. The van der Waals surface area contributed by atoms with Crippen LogP contribution in [0.1, 0.15) is 12.0 Å². The molecule has 1 unspecified atom stereocenters. The number of carbonyl (C=O) groups excluding carboxylic acids is 1. The van der Waals surface area contributed by atoms with E-state index in [1.807, 2.05) is 30.3 Å². The summed E-state index contributed by atoms with van der Waals surface area (Å²) in [6, 6.07) is 9.36. The highest BCUT2D eigenvalue weighted by Gasteiger charge is 2.41. The van der Waals surface area contributed by atoms with Gasteiger partial charge in [-0.15, -0.1) is 0 Å². The van der Waals surface area contributed by atoms with Crippen LogP contribution in [-0.4, -0.2) is 35.5 Å². The first kappa shape index (κ1) is 10.7. The molecule has 1 fully saturated rings. The van der Waals surface area contributed by atoms with Crippen molar-refractivity contribution in [1.29, 1.82) is 0 Å². The smallest absolute Gasteiger partial charge is 0.407 e. The van der Waals surface area contributed by atoms with Crippen LogP contribution in [0, 0.1) is 0 Å². The molecule has 4 nitrogen and oxygen atoms in total. The highest BCUT2D eigenvalue weighted by molar-refractivity contribution is 5.73. The Morgan fingerprint density at radius 2 is 2.06 bits per heavy atom. The molecular formula is C12H13NO3. The molecule has 1 heterocycles. The summed E-state index contributed by atoms with van der Waals surface area (Å²) in [5.74, 6) is 0. The number of nitrogens with zero attached hydrogens (tertiary/aromatic N) is 1. The van der Waals surface area contributed by atoms with Crippen LogP contribution in [0.3, 0.4) is 0 Å². The van der Waals surface area contributed by atoms with Crippen LogP contribution in [-0.2, 0) is 10.2 Å². The minimum atomic E-state index is -0.959. The van der Waals surface area contributed by atoms with Gasteiger partial charge in [-0.2, -0.15) is 0 Å². The largest absolute Gasteiger partial charge is 0.465 e. The van der Waals surface area contributed by atoms with Gasteiger partial charge in [-0.05, 0) is 12.0 Å². The number of carbonyl (C=O) groups is 2. The van der Waals surface area contributed by atoms with Gasteiger partial charge in [-0.25, -0.2) is 4.79 Å². The molecule has 1 aromatic rings. The minimum Gasteiger partial charge on any atom is -0.465 e. The number of amides is 1. The third-order valence-corrected chi connectivity index (χ3v) is 3.15. The summed E-state index contributed by atoms with van der Waals surface area (Å²) in [7, 11) is 0. The number of aldehydes is 1. The first-order valence-corrected chi connectivity index (χ1v) is 5.18. The average molecular weight is 219 g/mol. The van der Waals surface area contributed by atoms with Gasteiger partial charge in [0.25, 0.3) is 0 Å². The summed E-state index contributed by atoms with van der Waals surface area (Å²) in [6.07, 6.45) is 0.484. The number of likely N-dealkylation sites (tertiary alicyclic amines) is 1. The highest BCUT2D eigenvalue weighted by atomic mass is 16.4. The van der Waals surface area contributed by atoms with E-state index in [2.05, 4.69) is 0 Å². The van der Waals surface area contributed by atoms with E-state index in [4.69, 9.17) is 5.11 Å². The van der Waals surface area contributed by atoms with Crippen LogP contribution in [0.5, 0.6) is 0 Å². The molecule has 1 atom stereocenters. The molecule has 0 radical (unpaired) electrons. The Bertz CT molecular complexity index is 404. The first-order valence-electron chi connectivity index (χ1n) is 5.18. The number of benzene rings is 1. The van der Waals surface area contributed by atoms with E-state index in [-0.39, 0.29) is 6.54 Å². The zero-order valence-electron chi connectivity index (χ0n) is 8.80. The van der Waals surface area contributed by atoms with Gasteiger partial charge in [0, 0.05) is 13.1 Å². The Balaban J connectivity index is 2.30. The highest BCUT2D eigenvalue weighted by Crippen LogP contribution is 2.32. The van der Waals surface area contributed by atoms with Crippen molar-refractivity contribution in [1.82, 2.24) is 4.90 Å². The van der Waals surface area contributed by atoms with Gasteiger partial charge in [0.05, 0.1) is 5.41 Å². The number of rotatable bonds is 2. The van der Waals surface area contributed by atoms with Crippen LogP contribution in [0.2, 0.25) is 0 Å². The van der Waals surface area contributed by atoms with Gasteiger partial charge in [-0.3, -0.25) is 0 Å². The number of hydrogen-bond acceptors (Lipinski definition) is 2. The molecule has 84 valence electrons. The van der Waals surface area contributed by atoms with Crippen LogP contribution in [0.15, 0.2) is 30.3 Å². The molecule has 1 N–H and O–H groups in total. The third kappa shape index (κ3) is 1.66. The molecule has 0 aromatic heterocycles. The van der Waals surface area contributed by atoms with E-state index < -0.39 is 11.5 Å². The van der Waals surface area contributed by atoms with Crippen LogP contribution < -0.4 is 0 Å². The molecule has 1 aliphatic heterocycles. The van der Waals surface area contributed by atoms with E-state index in [1.54, 1.807) is 0 Å². The Morgan fingerprint density at radius 1 is 1.38 bits per heavy atom. The fraction of sp³-hybridized carbons (Fsp3) is 0.333. The second-order valence-corrected chi connectivity index (χ2v) is 4.09. The average Bonchev–Trinajstić information content (AvgIpc) is 2.76. The zero-order valence-corrected chi connectivity index (χ0v) is 8.80. The summed E-state index contributed by atoms with van der Waals surface area (Å²) < 4.78 is 0. The molecule has 1 aromatic carbocycles. The predicted octanol–water partition coefficient (Wildman–Crippen LogP) is 1.51. The van der Waals surface area contributed by atoms with E-state index in [0.717, 1.165) is 11.8 Å². The maximum absolute atomic E-state index is 11.3. The molecule has 2 rings (SSSR count). The van der Waals surface area contributed by atoms with Crippen molar-refractivity contribution in [2.24, 2.45) is 0 Å². The lowest BCUT2D eigenvalue weighted by Gasteiger charge is -2.22. The van der Waals surface area contributed by atoms with Crippen molar-refractivity contribution < 1.29 is 14.7 Å². The standard InChI is InChI=1S/C12H13NO3/c14-9-12(10-4-2-1-3-5-10)6-7-13(8-12)11(15)16/h1-5,9H,6-8H2,(H,15,16). The Hall–Kier alpha value is -1.84. The number of hydrogen-bond donors (Lipinski definition) is 1. The maximum atomic E-state index is 11.3. The lowest BCUT2D eigenvalue weighted by molar-refractivity contribution is -0.112. The summed E-state index contributed by atoms with van der Waals surface area (Å²) in [6.45, 7) is 0.679. The van der Waals surface area contributed by atoms with E-state index in [9.17, 15) is 9.59 Å². The van der Waals surface area contributed by atoms with Crippen molar-refractivity contribution in [2.45, 2.75) is 11.8 Å². The molecule has 0 bridgehead atoms. The second kappa shape index (κ2) is 3.96. The van der Waals surface area contributed by atoms with Crippen molar-refractivity contribution in [2.75, 3.05) is 13.1 Å². The Labute approximate surface area is 93.5 Å². The fourth-order valence-corrected chi connectivity index (χ4v) is 2.17. The summed E-state index contributed by atoms with van der Waals surface area (Å²) in [5, 5.41) is 8.90. The summed E-state index contributed by atoms with van der Waals surface area (Å²) in [4.78, 5) is 23.4. The molecule has 0 spiro atoms. The first-order chi connectivity index (χ1) is 7.68. The molecule has 0 aliphatic carbocycles. The van der Waals surface area contributed by atoms with E-state index in [1.165, 1.54) is 4.90 Å². The molecule has 0 saturated carbocycles. The monoisotopic (exact) mass is 219 g/mol. The lowest BCUT2D eigenvalue weighted by Crippen LogP contribution is -2.34. The van der Waals surface area contributed by atoms with Gasteiger partial charge >= 0.3 is 6.09 Å². The number of carboxylic acid groups (broad SMARTS) is 1. The predicted molar refractivity (Wildman–Crippen MR) is 58.4 cm³/mol. The van der Waals surface area contributed by atoms with Gasteiger partial charge in [-0.1, -0.05) is 30.3 Å². The van der Waals surface area contributed by atoms with E-state index >= 15 is 0 Å². The molecular weight excluding hydrogens is 206 g/mol. The van der Waals surface area contributed by atoms with Crippen molar-refractivity contribution >= 4 is 12.4 Å². The minimum absolute atomic E-state index is 0.260. The Morgan fingerprint density at radius 3 is 2.56 bits per heavy atom. The van der Waals surface area contributed by atoms with Crippen molar-refractivity contribution in [3.63, 3.8) is 0 Å². The zero-order chi connectivity index (χ0) is 11.6. The molecule has 1 amide bonds. The van der Waals surface area contributed by atoms with Crippen LogP contribution >= 0.6 is 0 Å². The fourth-order valence-electron chi connectivity index (χ4n) is 2.17. The SMILES string of the molecule is O=CC1(c2ccccc2)CCN(C(=O)O)C1. The summed E-state index contributed by atoms with van der Waals surface area (Å²) >= 11 is 0. The van der Waals surface area contributed by atoms with Gasteiger partial charge in [0.1, 0.15) is 6.29 Å². The normalized spacial score (nSPS) is 24.4. The lowest BCUT2D eigenvalue weighted by atomic mass is 9.81. The van der Waals surface area contributed by atoms with Crippen LogP contribution in [0.25, 0.3) is 0 Å². The van der Waals surface area contributed by atoms with Gasteiger partial charge in [0.15, 0.2) is 0 Å². The van der Waals surface area contributed by atoms with Gasteiger partial charge < -0.3 is 14.8 Å². The quantitative estimate of drug-likeness (QED) is 0.767. The topological polar surface area (TPSA) is 57.6 Å². The summed E-state index contributed by atoms with van der Waals surface area (Å²) in [5.41, 5.74) is 0.244. The van der Waals surface area contributed by atoms with Crippen LogP contribution in [0.4, 0.5) is 4.79 Å². The molecule has 1 aliphatic rings. The maximum Gasteiger partial charge on any atom is 0.407 e. The van der Waals surface area contributed by atoms with E-state index in [0.29, 0.717) is 13.0 Å². The van der Waals surface area contributed by atoms with Crippen molar-refractivity contribution in [3.8, 4) is 0 Å². The molecule has 16 heavy (non-hydrogen) atoms. The Kier molecular flexibility index (Phi) is 2.64. The van der Waals surface area contributed by atoms with Gasteiger partial charge in [0.2, 0.25) is 0 Å².